The molecule has 1 aliphatic rings. The van der Waals surface area contributed by atoms with Gasteiger partial charge in [-0.2, -0.15) is 0 Å². The van der Waals surface area contributed by atoms with Crippen LogP contribution in [-0.2, 0) is 9.59 Å². The molecule has 2 amide bonds. The van der Waals surface area contributed by atoms with E-state index in [4.69, 9.17) is 10.8 Å². The van der Waals surface area contributed by atoms with Gasteiger partial charge < -0.3 is 15.7 Å². The molecule has 1 saturated heterocycles. The number of carboxylic acids is 1. The molecule has 0 spiro atoms. The average molecular weight is 288 g/mol. The normalized spacial score (nSPS) is 18.1. The molecule has 1 aromatic rings. The Hall–Kier alpha value is -2.63. The van der Waals surface area contributed by atoms with Crippen LogP contribution in [0.25, 0.3) is 6.08 Å². The van der Waals surface area contributed by atoms with Gasteiger partial charge in [0.1, 0.15) is 6.04 Å². The maximum atomic E-state index is 12.0. The van der Waals surface area contributed by atoms with Crippen molar-refractivity contribution in [1.29, 1.82) is 0 Å². The van der Waals surface area contributed by atoms with E-state index in [1.54, 1.807) is 30.3 Å². The molecular weight excluding hydrogens is 272 g/mol. The van der Waals surface area contributed by atoms with Crippen molar-refractivity contribution in [3.8, 4) is 0 Å². The molecule has 1 atom stereocenters. The largest absolute Gasteiger partial charge is 0.480 e. The monoisotopic (exact) mass is 288 g/mol. The molecule has 110 valence electrons. The first-order chi connectivity index (χ1) is 9.99. The third-order valence-electron chi connectivity index (χ3n) is 3.43. The van der Waals surface area contributed by atoms with E-state index in [0.29, 0.717) is 24.9 Å². The zero-order valence-electron chi connectivity index (χ0n) is 11.4. The van der Waals surface area contributed by atoms with E-state index < -0.39 is 17.9 Å². The van der Waals surface area contributed by atoms with Crippen LogP contribution < -0.4 is 5.73 Å². The van der Waals surface area contributed by atoms with Crippen LogP contribution in [0.2, 0.25) is 0 Å². The quantitative estimate of drug-likeness (QED) is 0.803. The Bertz CT molecular complexity index is 592. The number of likely N-dealkylation sites (tertiary alicyclic amines) is 1. The number of carboxylic acid groups (broad SMARTS) is 1. The van der Waals surface area contributed by atoms with Crippen molar-refractivity contribution in [3.63, 3.8) is 0 Å². The molecule has 0 aromatic heterocycles. The number of nitrogens with zero attached hydrogens (tertiary/aromatic N) is 1. The zero-order valence-corrected chi connectivity index (χ0v) is 11.4. The summed E-state index contributed by atoms with van der Waals surface area (Å²) in [5, 5.41) is 9.04. The van der Waals surface area contributed by atoms with Crippen molar-refractivity contribution >= 4 is 23.9 Å². The summed E-state index contributed by atoms with van der Waals surface area (Å²) in [5.41, 5.74) is 6.27. The summed E-state index contributed by atoms with van der Waals surface area (Å²) in [4.78, 5) is 35.3. The first-order valence-electron chi connectivity index (χ1n) is 6.60. The Kier molecular flexibility index (Phi) is 4.37. The summed E-state index contributed by atoms with van der Waals surface area (Å²) in [6.07, 6.45) is 4.12. The molecule has 1 fully saturated rings. The summed E-state index contributed by atoms with van der Waals surface area (Å²) in [6.45, 7) is 0.459. The second kappa shape index (κ2) is 6.21. The summed E-state index contributed by atoms with van der Waals surface area (Å²) in [6, 6.07) is 5.75. The van der Waals surface area contributed by atoms with Gasteiger partial charge in [-0.3, -0.25) is 9.59 Å². The fourth-order valence-electron chi connectivity index (χ4n) is 2.31. The summed E-state index contributed by atoms with van der Waals surface area (Å²) < 4.78 is 0. The lowest BCUT2D eigenvalue weighted by atomic mass is 10.1. The van der Waals surface area contributed by atoms with Gasteiger partial charge in [0.25, 0.3) is 0 Å². The second-order valence-electron chi connectivity index (χ2n) is 4.85. The molecule has 2 rings (SSSR count). The van der Waals surface area contributed by atoms with E-state index in [2.05, 4.69) is 0 Å². The van der Waals surface area contributed by atoms with E-state index in [-0.39, 0.29) is 5.91 Å². The summed E-state index contributed by atoms with van der Waals surface area (Å²) in [7, 11) is 0. The van der Waals surface area contributed by atoms with Crippen LogP contribution in [0.15, 0.2) is 30.3 Å². The molecule has 1 aromatic carbocycles. The van der Waals surface area contributed by atoms with Crippen molar-refractivity contribution in [2.24, 2.45) is 5.73 Å². The molecule has 1 aliphatic heterocycles. The van der Waals surface area contributed by atoms with Gasteiger partial charge in [0, 0.05) is 18.2 Å². The third-order valence-corrected chi connectivity index (χ3v) is 3.43. The average Bonchev–Trinajstić information content (AvgIpc) is 2.95. The number of carbonyl (C=O) groups excluding carboxylic acids is 2. The number of carbonyl (C=O) groups is 3. The number of benzene rings is 1. The fraction of sp³-hybridized carbons (Fsp3) is 0.267. The van der Waals surface area contributed by atoms with Crippen molar-refractivity contribution < 1.29 is 19.5 Å². The molecule has 1 heterocycles. The molecule has 3 N–H and O–H groups in total. The van der Waals surface area contributed by atoms with E-state index in [1.165, 1.54) is 11.0 Å². The van der Waals surface area contributed by atoms with Gasteiger partial charge in [-0.15, -0.1) is 0 Å². The number of hydrogen-bond acceptors (Lipinski definition) is 3. The van der Waals surface area contributed by atoms with Crippen LogP contribution in [0, 0.1) is 0 Å². The van der Waals surface area contributed by atoms with Crippen LogP contribution in [0.1, 0.15) is 28.8 Å². The molecular formula is C15H16N2O4. The molecule has 1 unspecified atom stereocenters. The van der Waals surface area contributed by atoms with Gasteiger partial charge >= 0.3 is 5.97 Å². The lowest BCUT2D eigenvalue weighted by Crippen LogP contribution is -2.39. The van der Waals surface area contributed by atoms with Gasteiger partial charge in [-0.1, -0.05) is 12.1 Å². The summed E-state index contributed by atoms with van der Waals surface area (Å²) in [5.74, 6) is -1.80. The Morgan fingerprint density at radius 3 is 2.48 bits per heavy atom. The molecule has 0 aliphatic carbocycles. The highest BCUT2D eigenvalue weighted by atomic mass is 16.4. The van der Waals surface area contributed by atoms with Gasteiger partial charge in [0.15, 0.2) is 0 Å². The van der Waals surface area contributed by atoms with Crippen LogP contribution in [-0.4, -0.2) is 40.4 Å². The number of primary amides is 1. The highest BCUT2D eigenvalue weighted by Gasteiger charge is 2.32. The lowest BCUT2D eigenvalue weighted by molar-refractivity contribution is -0.146. The minimum atomic E-state index is -0.972. The first-order valence-corrected chi connectivity index (χ1v) is 6.60. The molecule has 0 saturated carbocycles. The molecule has 6 nitrogen and oxygen atoms in total. The van der Waals surface area contributed by atoms with E-state index in [1.807, 2.05) is 0 Å². The predicted octanol–water partition coefficient (Wildman–Crippen LogP) is 0.874. The standard InChI is InChI=1S/C15H16N2O4/c16-14(19)11-6-3-10(4-7-11)5-8-13(18)17-9-1-2-12(17)15(20)21/h3-8,12H,1-2,9H2,(H2,16,19)(H,20,21). The highest BCUT2D eigenvalue weighted by molar-refractivity contribution is 5.95. The molecule has 21 heavy (non-hydrogen) atoms. The Balaban J connectivity index is 2.05. The Morgan fingerprint density at radius 2 is 1.90 bits per heavy atom. The van der Waals surface area contributed by atoms with Crippen LogP contribution >= 0.6 is 0 Å². The van der Waals surface area contributed by atoms with Crippen LogP contribution in [0.3, 0.4) is 0 Å². The number of aliphatic carboxylic acids is 1. The Labute approximate surface area is 121 Å². The van der Waals surface area contributed by atoms with Gasteiger partial charge in [0.05, 0.1) is 0 Å². The van der Waals surface area contributed by atoms with Crippen LogP contribution in [0.4, 0.5) is 0 Å². The van der Waals surface area contributed by atoms with Crippen molar-refractivity contribution in [2.45, 2.75) is 18.9 Å². The molecule has 6 heteroatoms. The second-order valence-corrected chi connectivity index (χ2v) is 4.85. The number of hydrogen-bond donors (Lipinski definition) is 2. The maximum absolute atomic E-state index is 12.0. The Morgan fingerprint density at radius 1 is 1.24 bits per heavy atom. The van der Waals surface area contributed by atoms with E-state index >= 15 is 0 Å². The topological polar surface area (TPSA) is 101 Å². The highest BCUT2D eigenvalue weighted by Crippen LogP contribution is 2.18. The first kappa shape index (κ1) is 14.8. The number of nitrogens with two attached hydrogens (primary N) is 1. The third kappa shape index (κ3) is 3.47. The smallest absolute Gasteiger partial charge is 0.326 e. The van der Waals surface area contributed by atoms with Gasteiger partial charge in [-0.25, -0.2) is 4.79 Å². The van der Waals surface area contributed by atoms with Crippen molar-refractivity contribution in [1.82, 2.24) is 4.90 Å². The summed E-state index contributed by atoms with van der Waals surface area (Å²) >= 11 is 0. The van der Waals surface area contributed by atoms with Crippen LogP contribution in [0.5, 0.6) is 0 Å². The molecule has 0 radical (unpaired) electrons. The van der Waals surface area contributed by atoms with Crippen molar-refractivity contribution in [2.75, 3.05) is 6.54 Å². The minimum absolute atomic E-state index is 0.320. The van der Waals surface area contributed by atoms with Gasteiger partial charge in [-0.05, 0) is 36.6 Å². The SMILES string of the molecule is NC(=O)c1ccc(C=CC(=O)N2CCCC2C(=O)O)cc1. The van der Waals surface area contributed by atoms with Crippen molar-refractivity contribution in [3.05, 3.63) is 41.5 Å². The number of amides is 2. The maximum Gasteiger partial charge on any atom is 0.326 e. The fourth-order valence-corrected chi connectivity index (χ4v) is 2.31. The molecule has 0 bridgehead atoms. The van der Waals surface area contributed by atoms with E-state index in [0.717, 1.165) is 5.56 Å². The minimum Gasteiger partial charge on any atom is -0.480 e. The van der Waals surface area contributed by atoms with Gasteiger partial charge in [0.2, 0.25) is 11.8 Å². The zero-order chi connectivity index (χ0) is 15.4. The number of rotatable bonds is 4. The lowest BCUT2D eigenvalue weighted by Gasteiger charge is -2.19. The van der Waals surface area contributed by atoms with E-state index in [9.17, 15) is 14.4 Å². The predicted molar refractivity (Wildman–Crippen MR) is 76.4 cm³/mol.